The zero-order valence-electron chi connectivity index (χ0n) is 55.1. The zero-order chi connectivity index (χ0) is 71.1. The van der Waals surface area contributed by atoms with Crippen molar-refractivity contribution in [2.24, 2.45) is 52.3 Å². The standard InChI is InChI=1S/C63H106O35/c1-21(20-86-55-46(80)42(76)37(71)30(14-64)88-55)7-10-63(85)22(2)36-29(98-63)12-26-24-6-5-23-11-28(27(70)13-62(23,4)25(24)8-9-61(26,36)3)87-59-50(84)52(40(74)33(17-67)91-59)95-58-49(83)45(79)51(35(19-69)93-58)94-60-54(97-57-48(82)44(78)39(73)32(16-66)90-57)53(41(75)34(18-68)92-60)96-56-47(81)43(77)38(72)31(15-65)89-56/h21-60,64-85H,5-20H2,1-4H3/t21-,22+,23+,24-,25+,26+,27-,28-,29-,30-,31-,32-,33-,34-,35-,36+,37-,38-,39-,40-,41-,42+,43+,44+,45-,46-,47-,48-,49-,50-,51+,52+,53+,54-,55-,56+,57+,58+,59-,60+,61+,62+,63-/m1/s1. The van der Waals surface area contributed by atoms with Crippen LogP contribution in [0.3, 0.4) is 0 Å². The molecule has 0 aromatic carbocycles. The highest BCUT2D eigenvalue weighted by Gasteiger charge is 2.69. The smallest absolute Gasteiger partial charge is 0.187 e. The van der Waals surface area contributed by atoms with Crippen molar-refractivity contribution >= 4 is 0 Å². The van der Waals surface area contributed by atoms with E-state index in [-0.39, 0.29) is 65.0 Å². The molecule has 0 unspecified atom stereocenters. The van der Waals surface area contributed by atoms with Crippen LogP contribution in [0.4, 0.5) is 0 Å². The molecule has 7 aliphatic heterocycles. The Hall–Kier alpha value is -1.40. The molecule has 0 bridgehead atoms. The van der Waals surface area contributed by atoms with E-state index < -0.39 is 242 Å². The van der Waals surface area contributed by atoms with Gasteiger partial charge in [0.05, 0.1) is 64.6 Å². The third-order valence-electron chi connectivity index (χ3n) is 24.4. The van der Waals surface area contributed by atoms with Crippen molar-refractivity contribution in [2.75, 3.05) is 46.2 Å². The first-order chi connectivity index (χ1) is 46.4. The van der Waals surface area contributed by atoms with Crippen LogP contribution in [0.2, 0.25) is 0 Å². The predicted molar refractivity (Wildman–Crippen MR) is 318 cm³/mol. The maximum Gasteiger partial charge on any atom is 0.187 e. The molecule has 0 radical (unpaired) electrons. The molecule has 11 rings (SSSR count). The Labute approximate surface area is 564 Å². The van der Waals surface area contributed by atoms with Crippen molar-refractivity contribution in [2.45, 2.75) is 294 Å². The lowest BCUT2D eigenvalue weighted by atomic mass is 9.44. The number of aliphatic hydroxyl groups is 22. The van der Waals surface area contributed by atoms with Crippen LogP contribution in [-0.2, 0) is 61.6 Å². The normalized spacial score (nSPS) is 55.5. The van der Waals surface area contributed by atoms with Gasteiger partial charge in [0.2, 0.25) is 0 Å². The van der Waals surface area contributed by atoms with Crippen LogP contribution < -0.4 is 0 Å². The lowest BCUT2D eigenvalue weighted by molar-refractivity contribution is -0.409. The number of hydrogen-bond donors (Lipinski definition) is 22. The van der Waals surface area contributed by atoms with Gasteiger partial charge in [-0.3, -0.25) is 0 Å². The Bertz CT molecular complexity index is 2550. The van der Waals surface area contributed by atoms with E-state index in [0.29, 0.717) is 25.7 Å². The van der Waals surface area contributed by atoms with Gasteiger partial charge in [-0.15, -0.1) is 0 Å². The minimum absolute atomic E-state index is 0.0354. The highest BCUT2D eigenvalue weighted by molar-refractivity contribution is 5.16. The molecule has 11 fully saturated rings. The average Bonchev–Trinajstić information content (AvgIpc) is 1.50. The summed E-state index contributed by atoms with van der Waals surface area (Å²) in [7, 11) is 0. The highest BCUT2D eigenvalue weighted by Crippen LogP contribution is 2.71. The molecule has 0 aromatic heterocycles. The van der Waals surface area contributed by atoms with E-state index in [1.165, 1.54) is 0 Å². The second-order valence-corrected chi connectivity index (χ2v) is 30.0. The molecule has 35 heteroatoms. The van der Waals surface area contributed by atoms with E-state index in [1.54, 1.807) is 0 Å². The third kappa shape index (κ3) is 14.3. The fourth-order valence-corrected chi connectivity index (χ4v) is 18.6. The lowest BCUT2D eigenvalue weighted by Crippen LogP contribution is -2.69. The molecule has 22 N–H and O–H groups in total. The van der Waals surface area contributed by atoms with Crippen molar-refractivity contribution in [3.8, 4) is 0 Å². The van der Waals surface area contributed by atoms with Gasteiger partial charge in [0, 0.05) is 12.3 Å². The number of ether oxygens (including phenoxy) is 13. The molecule has 568 valence electrons. The Morgan fingerprint density at radius 1 is 0.429 bits per heavy atom. The van der Waals surface area contributed by atoms with Gasteiger partial charge >= 0.3 is 0 Å². The fraction of sp³-hybridized carbons (Fsp3) is 1.00. The van der Waals surface area contributed by atoms with Crippen molar-refractivity contribution in [3.63, 3.8) is 0 Å². The number of aliphatic hydroxyl groups excluding tert-OH is 21. The number of hydrogen-bond acceptors (Lipinski definition) is 35. The predicted octanol–water partition coefficient (Wildman–Crippen LogP) is -9.34. The molecule has 35 nitrogen and oxygen atoms in total. The summed E-state index contributed by atoms with van der Waals surface area (Å²) >= 11 is 0. The quantitative estimate of drug-likeness (QED) is 0.0448. The first kappa shape index (κ1) is 77.7. The molecule has 4 saturated carbocycles. The Kier molecular flexibility index (Phi) is 24.7. The summed E-state index contributed by atoms with van der Waals surface area (Å²) in [6.45, 7) is 3.20. The maximum absolute atomic E-state index is 12.2. The van der Waals surface area contributed by atoms with Crippen molar-refractivity contribution in [3.05, 3.63) is 0 Å². The minimum atomic E-state index is -2.23. The zero-order valence-corrected chi connectivity index (χ0v) is 55.1. The molecular weight excluding hydrogens is 1320 g/mol. The van der Waals surface area contributed by atoms with Crippen molar-refractivity contribution in [1.82, 2.24) is 0 Å². The molecule has 98 heavy (non-hydrogen) atoms. The summed E-state index contributed by atoms with van der Waals surface area (Å²) in [5, 5.41) is 240. The summed E-state index contributed by atoms with van der Waals surface area (Å²) in [6, 6.07) is 0. The average molecular weight is 1420 g/mol. The van der Waals surface area contributed by atoms with Crippen LogP contribution in [0.5, 0.6) is 0 Å². The summed E-state index contributed by atoms with van der Waals surface area (Å²) in [5.41, 5.74) is -0.509. The summed E-state index contributed by atoms with van der Waals surface area (Å²) in [6.07, 6.45) is -52.2. The molecule has 7 heterocycles. The topological polar surface area (TPSA) is 565 Å². The van der Waals surface area contributed by atoms with Gasteiger partial charge in [0.15, 0.2) is 43.5 Å². The van der Waals surface area contributed by atoms with Crippen LogP contribution >= 0.6 is 0 Å². The fourth-order valence-electron chi connectivity index (χ4n) is 18.6. The van der Waals surface area contributed by atoms with E-state index in [1.807, 2.05) is 6.92 Å². The molecule has 0 amide bonds. The number of rotatable bonds is 22. The highest BCUT2D eigenvalue weighted by atomic mass is 16.8. The Morgan fingerprint density at radius 2 is 0.878 bits per heavy atom. The van der Waals surface area contributed by atoms with Gasteiger partial charge in [0.25, 0.3) is 0 Å². The summed E-state index contributed by atoms with van der Waals surface area (Å²) in [4.78, 5) is 0. The van der Waals surface area contributed by atoms with E-state index >= 15 is 0 Å². The van der Waals surface area contributed by atoms with Gasteiger partial charge in [-0.2, -0.15) is 0 Å². The number of fused-ring (bicyclic) bond motifs is 7. The van der Waals surface area contributed by atoms with Crippen LogP contribution in [0.1, 0.15) is 85.5 Å². The Morgan fingerprint density at radius 3 is 1.43 bits per heavy atom. The molecule has 0 aromatic rings. The monoisotopic (exact) mass is 1420 g/mol. The molecule has 0 spiro atoms. The van der Waals surface area contributed by atoms with Crippen LogP contribution in [0.25, 0.3) is 0 Å². The van der Waals surface area contributed by atoms with E-state index in [4.69, 9.17) is 61.6 Å². The molecule has 11 aliphatic rings. The Balaban J connectivity index is 0.725. The summed E-state index contributed by atoms with van der Waals surface area (Å²) < 4.78 is 77.3. The largest absolute Gasteiger partial charge is 0.394 e. The maximum atomic E-state index is 12.2. The van der Waals surface area contributed by atoms with Gasteiger partial charge in [-0.1, -0.05) is 27.7 Å². The molecule has 7 saturated heterocycles. The van der Waals surface area contributed by atoms with Gasteiger partial charge < -0.3 is 174 Å². The third-order valence-corrected chi connectivity index (χ3v) is 24.4. The first-order valence-corrected chi connectivity index (χ1v) is 34.5. The van der Waals surface area contributed by atoms with Gasteiger partial charge in [-0.05, 0) is 97.7 Å². The van der Waals surface area contributed by atoms with E-state index in [0.717, 1.165) is 32.1 Å². The van der Waals surface area contributed by atoms with Gasteiger partial charge in [-0.25, -0.2) is 0 Å². The molecule has 4 aliphatic carbocycles. The lowest BCUT2D eigenvalue weighted by Gasteiger charge is -2.62. The van der Waals surface area contributed by atoms with Gasteiger partial charge in [0.1, 0.15) is 146 Å². The van der Waals surface area contributed by atoms with Crippen molar-refractivity contribution < 1.29 is 174 Å². The van der Waals surface area contributed by atoms with E-state index in [9.17, 15) is 112 Å². The van der Waals surface area contributed by atoms with Crippen LogP contribution in [0.15, 0.2) is 0 Å². The minimum Gasteiger partial charge on any atom is -0.394 e. The second-order valence-electron chi connectivity index (χ2n) is 30.0. The van der Waals surface area contributed by atoms with E-state index in [2.05, 4.69) is 20.8 Å². The van der Waals surface area contributed by atoms with Crippen LogP contribution in [-0.4, -0.2) is 367 Å². The first-order valence-electron chi connectivity index (χ1n) is 34.5. The second kappa shape index (κ2) is 31.2. The molecule has 43 atom stereocenters. The SMILES string of the molecule is C[C@H](CC[C@@]1(O)O[C@@H]2C[C@H]3[C@@H]4CC[C@H]5C[C@@H](O[C@@H]6O[C@H](CO)[C@@H](O)[C@H](O[C@@H]7O[C@H](CO)[C@H](O[C@@H]8O[C@H](CO)[C@@H](O)[C@H](O[C@@H]9O[C@H](CO)[C@@H](O)[C@H](O)[C@H]9O)[C@H]8O[C@@H]8O[C@H](CO)[C@@H](O)[C@H](O)[C@H]8O)[C@H](O)[C@H]7O)[C@H]6O)[C@H](O)C[C@]5(C)[C@H]4CC[C@]3(C)[C@H]2[C@@H]1C)CO[C@@H]1O[C@H](CO)[C@@H](O)[C@H](O)[C@H]1O. The summed E-state index contributed by atoms with van der Waals surface area (Å²) in [5.74, 6) is -0.883. The van der Waals surface area contributed by atoms with Crippen LogP contribution in [0, 0.1) is 52.3 Å². The van der Waals surface area contributed by atoms with Crippen molar-refractivity contribution in [1.29, 1.82) is 0 Å². The molecular formula is C63H106O35.